The summed E-state index contributed by atoms with van der Waals surface area (Å²) < 4.78 is 7.64. The average Bonchev–Trinajstić information content (AvgIpc) is 2.62. The van der Waals surface area contributed by atoms with E-state index in [1.165, 1.54) is 0 Å². The molecular formula is C11H13N3O2S. The van der Waals surface area contributed by atoms with Gasteiger partial charge in [-0.25, -0.2) is 0 Å². The van der Waals surface area contributed by atoms with E-state index in [4.69, 9.17) is 22.7 Å². The van der Waals surface area contributed by atoms with Crippen LogP contribution >= 0.6 is 12.2 Å². The number of hydrogen-bond donors (Lipinski definition) is 2. The molecule has 0 atom stereocenters. The third-order valence-corrected chi connectivity index (χ3v) is 2.90. The molecular weight excluding hydrogens is 238 g/mol. The van der Waals surface area contributed by atoms with Gasteiger partial charge in [0.15, 0.2) is 4.77 Å². The highest BCUT2D eigenvalue weighted by Gasteiger charge is 2.08. The second kappa shape index (κ2) is 4.58. The second-order valence-electron chi connectivity index (χ2n) is 3.65. The van der Waals surface area contributed by atoms with Crippen LogP contribution in [-0.4, -0.2) is 22.6 Å². The number of ether oxygens (including phenoxy) is 1. The Morgan fingerprint density at radius 3 is 3.00 bits per heavy atom. The van der Waals surface area contributed by atoms with Crippen LogP contribution in [0.3, 0.4) is 0 Å². The zero-order valence-corrected chi connectivity index (χ0v) is 10.2. The summed E-state index contributed by atoms with van der Waals surface area (Å²) in [6.07, 6.45) is 0.262. The molecule has 1 heterocycles. The van der Waals surface area contributed by atoms with Crippen molar-refractivity contribution in [1.82, 2.24) is 9.55 Å². The SMILES string of the molecule is COc1cccc2c1[nH]c(=S)n2CCC(N)=O. The zero-order chi connectivity index (χ0) is 12.4. The Labute approximate surface area is 103 Å². The van der Waals surface area contributed by atoms with E-state index in [1.807, 2.05) is 22.8 Å². The lowest BCUT2D eigenvalue weighted by Gasteiger charge is -2.03. The van der Waals surface area contributed by atoms with Gasteiger partial charge in [-0.2, -0.15) is 0 Å². The van der Waals surface area contributed by atoms with E-state index in [2.05, 4.69) is 4.98 Å². The van der Waals surface area contributed by atoms with E-state index in [1.54, 1.807) is 7.11 Å². The van der Waals surface area contributed by atoms with Crippen LogP contribution in [0.2, 0.25) is 0 Å². The maximum Gasteiger partial charge on any atom is 0.219 e. The van der Waals surface area contributed by atoms with Gasteiger partial charge in [0, 0.05) is 13.0 Å². The molecule has 90 valence electrons. The van der Waals surface area contributed by atoms with Crippen molar-refractivity contribution in [1.29, 1.82) is 0 Å². The lowest BCUT2D eigenvalue weighted by molar-refractivity contribution is -0.118. The number of nitrogens with two attached hydrogens (primary N) is 1. The molecule has 1 aromatic heterocycles. The highest BCUT2D eigenvalue weighted by Crippen LogP contribution is 2.24. The number of rotatable bonds is 4. The van der Waals surface area contributed by atoms with Crippen LogP contribution in [0, 0.1) is 4.77 Å². The molecule has 17 heavy (non-hydrogen) atoms. The lowest BCUT2D eigenvalue weighted by atomic mass is 10.3. The number of benzene rings is 1. The van der Waals surface area contributed by atoms with Crippen LogP contribution < -0.4 is 10.5 Å². The van der Waals surface area contributed by atoms with E-state index in [0.717, 1.165) is 16.8 Å². The Balaban J connectivity index is 2.52. The van der Waals surface area contributed by atoms with E-state index in [9.17, 15) is 4.79 Å². The Kier molecular flexibility index (Phi) is 3.14. The van der Waals surface area contributed by atoms with Crippen molar-refractivity contribution in [2.24, 2.45) is 5.73 Å². The van der Waals surface area contributed by atoms with Gasteiger partial charge in [-0.3, -0.25) is 4.79 Å². The molecule has 0 aliphatic carbocycles. The fraction of sp³-hybridized carbons (Fsp3) is 0.273. The number of nitrogens with one attached hydrogen (secondary N) is 1. The van der Waals surface area contributed by atoms with Gasteiger partial charge < -0.3 is 20.0 Å². The molecule has 0 bridgehead atoms. The topological polar surface area (TPSA) is 73.0 Å². The number of H-pyrrole nitrogens is 1. The average molecular weight is 251 g/mol. The number of methoxy groups -OCH3 is 1. The number of aromatic nitrogens is 2. The smallest absolute Gasteiger partial charge is 0.219 e. The number of imidazole rings is 1. The van der Waals surface area contributed by atoms with Gasteiger partial charge >= 0.3 is 0 Å². The second-order valence-corrected chi connectivity index (χ2v) is 4.04. The standard InChI is InChI=1S/C11H13N3O2S/c1-16-8-4-2-3-7-10(8)13-11(17)14(7)6-5-9(12)15/h2-4H,5-6H2,1H3,(H2,12,15)(H,13,17). The monoisotopic (exact) mass is 251 g/mol. The predicted molar refractivity (Wildman–Crippen MR) is 67.5 cm³/mol. The van der Waals surface area contributed by atoms with Crippen molar-refractivity contribution in [3.63, 3.8) is 0 Å². The molecule has 0 radical (unpaired) electrons. The van der Waals surface area contributed by atoms with Crippen molar-refractivity contribution in [2.45, 2.75) is 13.0 Å². The summed E-state index contributed by atoms with van der Waals surface area (Å²) in [5, 5.41) is 0. The number of fused-ring (bicyclic) bond motifs is 1. The molecule has 0 saturated carbocycles. The van der Waals surface area contributed by atoms with Crippen molar-refractivity contribution >= 4 is 29.2 Å². The highest BCUT2D eigenvalue weighted by molar-refractivity contribution is 7.71. The molecule has 0 fully saturated rings. The molecule has 0 aliphatic rings. The van der Waals surface area contributed by atoms with Crippen LogP contribution in [0.25, 0.3) is 11.0 Å². The normalized spacial score (nSPS) is 10.6. The van der Waals surface area contributed by atoms with Crippen LogP contribution in [-0.2, 0) is 11.3 Å². The van der Waals surface area contributed by atoms with Crippen molar-refractivity contribution < 1.29 is 9.53 Å². The molecule has 1 amide bonds. The van der Waals surface area contributed by atoms with Crippen LogP contribution in [0.4, 0.5) is 0 Å². The number of carbonyl (C=O) groups excluding carboxylic acids is 1. The van der Waals surface area contributed by atoms with Crippen molar-refractivity contribution in [3.8, 4) is 5.75 Å². The quantitative estimate of drug-likeness (QED) is 0.810. The number of para-hydroxylation sites is 1. The largest absolute Gasteiger partial charge is 0.494 e. The highest BCUT2D eigenvalue weighted by atomic mass is 32.1. The first kappa shape index (κ1) is 11.7. The molecule has 5 nitrogen and oxygen atoms in total. The maximum absolute atomic E-state index is 10.8. The van der Waals surface area contributed by atoms with Gasteiger partial charge in [0.25, 0.3) is 0 Å². The van der Waals surface area contributed by atoms with Crippen LogP contribution in [0.5, 0.6) is 5.75 Å². The summed E-state index contributed by atoms with van der Waals surface area (Å²) in [6.45, 7) is 0.474. The van der Waals surface area contributed by atoms with Gasteiger partial charge in [-0.1, -0.05) is 6.07 Å². The van der Waals surface area contributed by atoms with E-state index >= 15 is 0 Å². The Morgan fingerprint density at radius 1 is 1.59 bits per heavy atom. The van der Waals surface area contributed by atoms with Gasteiger partial charge in [0.1, 0.15) is 11.3 Å². The number of nitrogens with zero attached hydrogens (tertiary/aromatic N) is 1. The van der Waals surface area contributed by atoms with Crippen molar-refractivity contribution in [3.05, 3.63) is 23.0 Å². The number of hydrogen-bond acceptors (Lipinski definition) is 3. The predicted octanol–water partition coefficient (Wildman–Crippen LogP) is 1.58. The molecule has 3 N–H and O–H groups in total. The summed E-state index contributed by atoms with van der Waals surface area (Å²) in [6, 6.07) is 5.65. The lowest BCUT2D eigenvalue weighted by Crippen LogP contribution is -2.13. The van der Waals surface area contributed by atoms with Crippen LogP contribution in [0.15, 0.2) is 18.2 Å². The minimum Gasteiger partial charge on any atom is -0.494 e. The number of primary amides is 1. The first-order valence-electron chi connectivity index (χ1n) is 5.17. The van der Waals surface area contributed by atoms with Gasteiger partial charge in [-0.15, -0.1) is 0 Å². The number of aromatic amines is 1. The van der Waals surface area contributed by atoms with E-state index < -0.39 is 0 Å². The van der Waals surface area contributed by atoms with Crippen LogP contribution in [0.1, 0.15) is 6.42 Å². The number of aryl methyl sites for hydroxylation is 1. The fourth-order valence-corrected chi connectivity index (χ4v) is 2.06. The Bertz CT molecular complexity index is 615. The third-order valence-electron chi connectivity index (χ3n) is 2.57. The molecule has 1 aromatic carbocycles. The molecule has 6 heteroatoms. The summed E-state index contributed by atoms with van der Waals surface area (Å²) in [5.74, 6) is 0.385. The number of carbonyl (C=O) groups is 1. The molecule has 0 unspecified atom stereocenters. The van der Waals surface area contributed by atoms with E-state index in [-0.39, 0.29) is 12.3 Å². The van der Waals surface area contributed by atoms with E-state index in [0.29, 0.717) is 11.3 Å². The Hall–Kier alpha value is -1.82. The fourth-order valence-electron chi connectivity index (χ4n) is 1.77. The first-order chi connectivity index (χ1) is 8.13. The summed E-state index contributed by atoms with van der Waals surface area (Å²) in [4.78, 5) is 13.9. The molecule has 2 aromatic rings. The molecule has 0 saturated heterocycles. The minimum absolute atomic E-state index is 0.262. The van der Waals surface area contributed by atoms with Gasteiger partial charge in [0.2, 0.25) is 5.91 Å². The zero-order valence-electron chi connectivity index (χ0n) is 9.40. The molecule has 0 spiro atoms. The Morgan fingerprint density at radius 2 is 2.35 bits per heavy atom. The molecule has 0 aliphatic heterocycles. The van der Waals surface area contributed by atoms with Gasteiger partial charge in [0.05, 0.1) is 12.6 Å². The minimum atomic E-state index is -0.343. The van der Waals surface area contributed by atoms with Gasteiger partial charge in [-0.05, 0) is 24.4 Å². The number of amides is 1. The first-order valence-corrected chi connectivity index (χ1v) is 5.58. The summed E-state index contributed by atoms with van der Waals surface area (Å²) in [7, 11) is 1.60. The summed E-state index contributed by atoms with van der Waals surface area (Å²) >= 11 is 5.21. The van der Waals surface area contributed by atoms with Crippen molar-refractivity contribution in [2.75, 3.05) is 7.11 Å². The molecule has 2 rings (SSSR count). The maximum atomic E-state index is 10.8. The third kappa shape index (κ3) is 2.16. The summed E-state index contributed by atoms with van der Waals surface area (Å²) in [5.41, 5.74) is 6.89.